The number of rotatable bonds is 10. The second-order valence-corrected chi connectivity index (χ2v) is 8.68. The Hall–Kier alpha value is -2.53. The Morgan fingerprint density at radius 2 is 1.87 bits per heavy atom. The van der Waals surface area contributed by atoms with Gasteiger partial charge < -0.3 is 15.0 Å². The molecule has 0 aliphatic heterocycles. The van der Waals surface area contributed by atoms with Crippen molar-refractivity contribution >= 4 is 23.4 Å². The lowest BCUT2D eigenvalue weighted by atomic mass is 10.1. The number of halogens is 1. The Morgan fingerprint density at radius 3 is 2.48 bits per heavy atom. The quantitative estimate of drug-likeness (QED) is 0.566. The summed E-state index contributed by atoms with van der Waals surface area (Å²) in [6.07, 6.45) is 0.515. The van der Waals surface area contributed by atoms with E-state index in [1.165, 1.54) is 0 Å². The first-order chi connectivity index (χ1) is 14.7. The Bertz CT molecular complexity index is 898. The molecule has 0 saturated carbocycles. The van der Waals surface area contributed by atoms with Gasteiger partial charge in [-0.05, 0) is 55.5 Å². The highest BCUT2D eigenvalue weighted by molar-refractivity contribution is 6.31. The lowest BCUT2D eigenvalue weighted by Crippen LogP contribution is -2.50. The van der Waals surface area contributed by atoms with Crippen LogP contribution in [0.25, 0.3) is 0 Å². The molecule has 0 unspecified atom stereocenters. The topological polar surface area (TPSA) is 58.6 Å². The van der Waals surface area contributed by atoms with E-state index in [2.05, 4.69) is 5.32 Å². The molecule has 168 valence electrons. The Morgan fingerprint density at radius 1 is 1.13 bits per heavy atom. The van der Waals surface area contributed by atoms with Crippen molar-refractivity contribution in [2.45, 2.75) is 53.6 Å². The Labute approximate surface area is 190 Å². The minimum Gasteiger partial charge on any atom is -0.484 e. The van der Waals surface area contributed by atoms with Gasteiger partial charge in [-0.2, -0.15) is 0 Å². The first-order valence-electron chi connectivity index (χ1n) is 10.7. The van der Waals surface area contributed by atoms with Crippen LogP contribution in [-0.4, -0.2) is 35.9 Å². The highest BCUT2D eigenvalue weighted by atomic mass is 35.5. The number of hydrogen-bond donors (Lipinski definition) is 1. The van der Waals surface area contributed by atoms with Crippen LogP contribution >= 0.6 is 11.6 Å². The Kier molecular flexibility index (Phi) is 9.38. The van der Waals surface area contributed by atoms with Crippen molar-refractivity contribution in [3.63, 3.8) is 0 Å². The second-order valence-electron chi connectivity index (χ2n) is 8.27. The molecule has 0 saturated heterocycles. The zero-order valence-electron chi connectivity index (χ0n) is 19.1. The van der Waals surface area contributed by atoms with Gasteiger partial charge in [-0.15, -0.1) is 0 Å². The number of benzene rings is 2. The minimum atomic E-state index is -0.567. The number of amides is 2. The molecule has 0 bridgehead atoms. The summed E-state index contributed by atoms with van der Waals surface area (Å²) < 4.78 is 5.74. The zero-order valence-corrected chi connectivity index (χ0v) is 19.8. The number of nitrogens with zero attached hydrogens (tertiary/aromatic N) is 1. The fourth-order valence-electron chi connectivity index (χ4n) is 3.28. The van der Waals surface area contributed by atoms with Gasteiger partial charge in [-0.3, -0.25) is 9.59 Å². The molecule has 0 fully saturated rings. The molecule has 2 aromatic carbocycles. The molecule has 1 N–H and O–H groups in total. The highest BCUT2D eigenvalue weighted by Crippen LogP contribution is 2.21. The molecule has 0 aromatic heterocycles. The molecular weight excluding hydrogens is 412 g/mol. The molecule has 0 heterocycles. The molecule has 2 aromatic rings. The van der Waals surface area contributed by atoms with Crippen LogP contribution in [0.4, 0.5) is 0 Å². The van der Waals surface area contributed by atoms with Gasteiger partial charge in [-0.25, -0.2) is 0 Å². The number of hydrogen-bond acceptors (Lipinski definition) is 3. The molecule has 0 aliphatic rings. The van der Waals surface area contributed by atoms with Crippen molar-refractivity contribution in [3.8, 4) is 5.75 Å². The molecule has 31 heavy (non-hydrogen) atoms. The summed E-state index contributed by atoms with van der Waals surface area (Å²) in [7, 11) is 0. The largest absolute Gasteiger partial charge is 0.484 e. The SMILES string of the molecule is CC[C@H](C(=O)NCC(C)C)N(Cc1cccc(C)c1)C(=O)COc1ccc(Cl)c(C)c1. The average Bonchev–Trinajstić information content (AvgIpc) is 2.72. The van der Waals surface area contributed by atoms with Gasteiger partial charge in [0.25, 0.3) is 5.91 Å². The summed E-state index contributed by atoms with van der Waals surface area (Å²) in [6.45, 7) is 10.7. The first-order valence-corrected chi connectivity index (χ1v) is 11.1. The standard InChI is InChI=1S/C25H33ClN2O3/c1-6-23(25(30)27-14-17(2)3)28(15-20-9-7-8-18(4)12-20)24(29)16-31-21-10-11-22(26)19(5)13-21/h7-13,17,23H,6,14-16H2,1-5H3,(H,27,30)/t23-/m1/s1. The predicted molar refractivity (Wildman–Crippen MR) is 125 cm³/mol. The van der Waals surface area contributed by atoms with E-state index in [4.69, 9.17) is 16.3 Å². The van der Waals surface area contributed by atoms with Crippen LogP contribution in [-0.2, 0) is 16.1 Å². The van der Waals surface area contributed by atoms with E-state index in [0.717, 1.165) is 16.7 Å². The van der Waals surface area contributed by atoms with E-state index in [-0.39, 0.29) is 18.4 Å². The van der Waals surface area contributed by atoms with Crippen molar-refractivity contribution in [2.75, 3.05) is 13.2 Å². The Balaban J connectivity index is 2.20. The maximum Gasteiger partial charge on any atom is 0.261 e. The van der Waals surface area contributed by atoms with Gasteiger partial charge in [0.2, 0.25) is 5.91 Å². The van der Waals surface area contributed by atoms with E-state index >= 15 is 0 Å². The highest BCUT2D eigenvalue weighted by Gasteiger charge is 2.29. The fourth-order valence-corrected chi connectivity index (χ4v) is 3.40. The van der Waals surface area contributed by atoms with Crippen LogP contribution in [0, 0.1) is 19.8 Å². The third kappa shape index (κ3) is 7.59. The summed E-state index contributed by atoms with van der Waals surface area (Å²) in [5.41, 5.74) is 2.96. The predicted octanol–water partition coefficient (Wildman–Crippen LogP) is 4.92. The van der Waals surface area contributed by atoms with E-state index in [1.807, 2.05) is 58.9 Å². The van der Waals surface area contributed by atoms with Crippen molar-refractivity contribution in [3.05, 3.63) is 64.2 Å². The molecule has 6 heteroatoms. The van der Waals surface area contributed by atoms with Gasteiger partial charge in [-0.1, -0.05) is 62.2 Å². The van der Waals surface area contributed by atoms with Crippen LogP contribution in [0.3, 0.4) is 0 Å². The molecule has 2 amide bonds. The van der Waals surface area contributed by atoms with Crippen molar-refractivity contribution in [2.24, 2.45) is 5.92 Å². The third-order valence-electron chi connectivity index (χ3n) is 5.00. The van der Waals surface area contributed by atoms with E-state index < -0.39 is 6.04 Å². The van der Waals surface area contributed by atoms with Gasteiger partial charge >= 0.3 is 0 Å². The molecule has 0 spiro atoms. The van der Waals surface area contributed by atoms with E-state index in [1.54, 1.807) is 23.1 Å². The van der Waals surface area contributed by atoms with Crippen molar-refractivity contribution < 1.29 is 14.3 Å². The fraction of sp³-hybridized carbons (Fsp3) is 0.440. The van der Waals surface area contributed by atoms with Crippen LogP contribution in [0.1, 0.15) is 43.9 Å². The van der Waals surface area contributed by atoms with Gasteiger partial charge in [0.1, 0.15) is 11.8 Å². The number of nitrogens with one attached hydrogen (secondary N) is 1. The monoisotopic (exact) mass is 444 g/mol. The second kappa shape index (κ2) is 11.8. The molecule has 0 radical (unpaired) electrons. The number of aryl methyl sites for hydroxylation is 2. The maximum atomic E-state index is 13.2. The van der Waals surface area contributed by atoms with Crippen LogP contribution in [0.15, 0.2) is 42.5 Å². The van der Waals surface area contributed by atoms with Gasteiger partial charge in [0, 0.05) is 18.1 Å². The maximum absolute atomic E-state index is 13.2. The number of carbonyl (C=O) groups excluding carboxylic acids is 2. The van der Waals surface area contributed by atoms with Crippen molar-refractivity contribution in [1.82, 2.24) is 10.2 Å². The summed E-state index contributed by atoms with van der Waals surface area (Å²) >= 11 is 6.07. The smallest absolute Gasteiger partial charge is 0.261 e. The van der Waals surface area contributed by atoms with Gasteiger partial charge in [0.15, 0.2) is 6.61 Å². The normalized spacial score (nSPS) is 11.8. The summed E-state index contributed by atoms with van der Waals surface area (Å²) in [6, 6.07) is 12.7. The first kappa shape index (κ1) is 24.7. The number of carbonyl (C=O) groups is 2. The lowest BCUT2D eigenvalue weighted by molar-refractivity contribution is -0.143. The lowest BCUT2D eigenvalue weighted by Gasteiger charge is -2.31. The third-order valence-corrected chi connectivity index (χ3v) is 5.42. The molecule has 2 rings (SSSR count). The van der Waals surface area contributed by atoms with Crippen LogP contribution in [0.5, 0.6) is 5.75 Å². The van der Waals surface area contributed by atoms with Crippen LogP contribution in [0.2, 0.25) is 5.02 Å². The molecule has 0 aliphatic carbocycles. The molecule has 1 atom stereocenters. The van der Waals surface area contributed by atoms with Crippen molar-refractivity contribution in [1.29, 1.82) is 0 Å². The average molecular weight is 445 g/mol. The summed E-state index contributed by atoms with van der Waals surface area (Å²) in [5, 5.41) is 3.61. The van der Waals surface area contributed by atoms with E-state index in [9.17, 15) is 9.59 Å². The van der Waals surface area contributed by atoms with Crippen LogP contribution < -0.4 is 10.1 Å². The van der Waals surface area contributed by atoms with E-state index in [0.29, 0.717) is 36.2 Å². The minimum absolute atomic E-state index is 0.139. The zero-order chi connectivity index (χ0) is 23.0. The van der Waals surface area contributed by atoms with Gasteiger partial charge in [0.05, 0.1) is 0 Å². The number of ether oxygens (including phenoxy) is 1. The summed E-state index contributed by atoms with van der Waals surface area (Å²) in [4.78, 5) is 27.7. The molecular formula is C25H33ClN2O3. The summed E-state index contributed by atoms with van der Waals surface area (Å²) in [5.74, 6) is 0.530. The molecule has 5 nitrogen and oxygen atoms in total.